The number of piperidine rings is 1. The van der Waals surface area contributed by atoms with Crippen molar-refractivity contribution in [3.63, 3.8) is 0 Å². The Morgan fingerprint density at radius 1 is 1.33 bits per heavy atom. The highest BCUT2D eigenvalue weighted by Gasteiger charge is 2.34. The van der Waals surface area contributed by atoms with Gasteiger partial charge in [0.15, 0.2) is 0 Å². The molecule has 0 bridgehead atoms. The lowest BCUT2D eigenvalue weighted by Gasteiger charge is -2.32. The smallest absolute Gasteiger partial charge is 0.143 e. The Balaban J connectivity index is 2.13. The molecule has 98 valence electrons. The fourth-order valence-electron chi connectivity index (χ4n) is 2.32. The number of carbonyl (C=O) groups is 1. The first-order valence-corrected chi connectivity index (χ1v) is 6.95. The first-order valence-electron chi connectivity index (χ1n) is 6.19. The molecule has 1 aromatic rings. The molecule has 0 atom stereocenters. The highest BCUT2D eigenvalue weighted by molar-refractivity contribution is 6.33. The molecule has 1 N–H and O–H groups in total. The third kappa shape index (κ3) is 3.05. The van der Waals surface area contributed by atoms with Crippen LogP contribution in [0.5, 0.6) is 0 Å². The van der Waals surface area contributed by atoms with Crippen molar-refractivity contribution in [1.82, 2.24) is 5.32 Å². The second-order valence-electron chi connectivity index (χ2n) is 5.15. The Bertz CT molecular complexity index is 453. The van der Waals surface area contributed by atoms with Crippen molar-refractivity contribution in [1.29, 1.82) is 0 Å². The molecule has 0 aromatic heterocycles. The zero-order valence-electron chi connectivity index (χ0n) is 10.4. The van der Waals surface area contributed by atoms with Gasteiger partial charge in [-0.05, 0) is 49.7 Å². The number of Topliss-reactive ketones (excluding diaryl/α,β-unsaturated/α-hetero) is 1. The summed E-state index contributed by atoms with van der Waals surface area (Å²) in [5.74, 6) is 0.258. The zero-order chi connectivity index (χ0) is 13.2. The van der Waals surface area contributed by atoms with Crippen molar-refractivity contribution in [2.24, 2.45) is 5.41 Å². The molecule has 1 saturated heterocycles. The number of halogens is 2. The molecule has 1 heterocycles. The van der Waals surface area contributed by atoms with Crippen LogP contribution >= 0.6 is 23.2 Å². The van der Waals surface area contributed by atoms with Crippen LogP contribution in [0.4, 0.5) is 0 Å². The van der Waals surface area contributed by atoms with Crippen molar-refractivity contribution in [3.8, 4) is 0 Å². The van der Waals surface area contributed by atoms with Gasteiger partial charge in [0.05, 0.1) is 0 Å². The molecule has 1 aliphatic rings. The van der Waals surface area contributed by atoms with Crippen LogP contribution in [0.1, 0.15) is 25.3 Å². The molecule has 18 heavy (non-hydrogen) atoms. The molecule has 0 spiro atoms. The van der Waals surface area contributed by atoms with Crippen LogP contribution in [0, 0.1) is 5.41 Å². The number of hydrogen-bond acceptors (Lipinski definition) is 2. The second kappa shape index (κ2) is 5.60. The van der Waals surface area contributed by atoms with E-state index in [1.807, 2.05) is 0 Å². The van der Waals surface area contributed by atoms with Crippen molar-refractivity contribution in [2.45, 2.75) is 26.2 Å². The van der Waals surface area contributed by atoms with Gasteiger partial charge in [-0.1, -0.05) is 30.1 Å². The van der Waals surface area contributed by atoms with E-state index < -0.39 is 0 Å². The van der Waals surface area contributed by atoms with Gasteiger partial charge in [0.1, 0.15) is 5.78 Å². The predicted octanol–water partition coefficient (Wildman–Crippen LogP) is 3.49. The van der Waals surface area contributed by atoms with E-state index in [0.717, 1.165) is 31.5 Å². The predicted molar refractivity (Wildman–Crippen MR) is 75.4 cm³/mol. The van der Waals surface area contributed by atoms with E-state index >= 15 is 0 Å². The highest BCUT2D eigenvalue weighted by Crippen LogP contribution is 2.32. The largest absolute Gasteiger partial charge is 0.317 e. The maximum atomic E-state index is 12.4. The molecule has 4 heteroatoms. The number of benzene rings is 1. The lowest BCUT2D eigenvalue weighted by Crippen LogP contribution is -2.40. The molecule has 0 saturated carbocycles. The van der Waals surface area contributed by atoms with Crippen LogP contribution in [-0.4, -0.2) is 18.9 Å². The van der Waals surface area contributed by atoms with Crippen molar-refractivity contribution < 1.29 is 4.79 Å². The minimum Gasteiger partial charge on any atom is -0.317 e. The average molecular weight is 286 g/mol. The molecule has 1 aliphatic heterocycles. The standard InChI is InChI=1S/C14H17Cl2NO/c1-14(4-6-17-7-5-14)13(18)9-10-8-11(15)2-3-12(10)16/h2-3,8,17H,4-7,9H2,1H3. The lowest BCUT2D eigenvalue weighted by atomic mass is 9.75. The number of carbonyl (C=O) groups excluding carboxylic acids is 1. The van der Waals surface area contributed by atoms with E-state index in [-0.39, 0.29) is 11.2 Å². The monoisotopic (exact) mass is 285 g/mol. The number of nitrogens with one attached hydrogen (secondary N) is 1. The van der Waals surface area contributed by atoms with E-state index in [9.17, 15) is 4.79 Å². The van der Waals surface area contributed by atoms with E-state index in [0.29, 0.717) is 16.5 Å². The molecule has 0 radical (unpaired) electrons. The third-order valence-corrected chi connectivity index (χ3v) is 4.34. The van der Waals surface area contributed by atoms with E-state index in [4.69, 9.17) is 23.2 Å². The molecule has 2 nitrogen and oxygen atoms in total. The molecule has 2 rings (SSSR count). The summed E-state index contributed by atoms with van der Waals surface area (Å²) < 4.78 is 0. The molecule has 0 unspecified atom stereocenters. The van der Waals surface area contributed by atoms with E-state index in [2.05, 4.69) is 12.2 Å². The van der Waals surface area contributed by atoms with Gasteiger partial charge in [-0.15, -0.1) is 0 Å². The second-order valence-corrected chi connectivity index (χ2v) is 5.99. The van der Waals surface area contributed by atoms with Crippen LogP contribution in [0.25, 0.3) is 0 Å². The summed E-state index contributed by atoms with van der Waals surface area (Å²) in [5.41, 5.74) is 0.602. The van der Waals surface area contributed by atoms with Crippen LogP contribution < -0.4 is 5.32 Å². The summed E-state index contributed by atoms with van der Waals surface area (Å²) in [5, 5.41) is 4.52. The maximum Gasteiger partial charge on any atom is 0.143 e. The molecular formula is C14H17Cl2NO. The fourth-order valence-corrected chi connectivity index (χ4v) is 2.70. The van der Waals surface area contributed by atoms with Gasteiger partial charge in [-0.25, -0.2) is 0 Å². The van der Waals surface area contributed by atoms with Gasteiger partial charge >= 0.3 is 0 Å². The van der Waals surface area contributed by atoms with Crippen LogP contribution in [-0.2, 0) is 11.2 Å². The molecular weight excluding hydrogens is 269 g/mol. The summed E-state index contributed by atoms with van der Waals surface area (Å²) in [7, 11) is 0. The van der Waals surface area contributed by atoms with Crippen LogP contribution in [0.2, 0.25) is 10.0 Å². The zero-order valence-corrected chi connectivity index (χ0v) is 11.9. The average Bonchev–Trinajstić information content (AvgIpc) is 2.35. The molecule has 0 amide bonds. The van der Waals surface area contributed by atoms with Gasteiger partial charge < -0.3 is 5.32 Å². The fraction of sp³-hybridized carbons (Fsp3) is 0.500. The summed E-state index contributed by atoms with van der Waals surface area (Å²) >= 11 is 12.0. The minimum absolute atomic E-state index is 0.225. The van der Waals surface area contributed by atoms with Crippen molar-refractivity contribution in [3.05, 3.63) is 33.8 Å². The Morgan fingerprint density at radius 3 is 2.67 bits per heavy atom. The van der Waals surface area contributed by atoms with Crippen molar-refractivity contribution >= 4 is 29.0 Å². The minimum atomic E-state index is -0.225. The number of rotatable bonds is 3. The third-order valence-electron chi connectivity index (χ3n) is 3.74. The molecule has 0 aliphatic carbocycles. The number of hydrogen-bond donors (Lipinski definition) is 1. The Labute approximate surface area is 118 Å². The van der Waals surface area contributed by atoms with Gasteiger partial charge in [0.25, 0.3) is 0 Å². The van der Waals surface area contributed by atoms with Gasteiger partial charge in [-0.3, -0.25) is 4.79 Å². The quantitative estimate of drug-likeness (QED) is 0.921. The Hall–Kier alpha value is -0.570. The summed E-state index contributed by atoms with van der Waals surface area (Å²) in [6, 6.07) is 5.27. The first-order chi connectivity index (χ1) is 8.51. The number of ketones is 1. The highest BCUT2D eigenvalue weighted by atomic mass is 35.5. The summed E-state index contributed by atoms with van der Waals surface area (Å²) in [4.78, 5) is 12.4. The van der Waals surface area contributed by atoms with Gasteiger partial charge in [0.2, 0.25) is 0 Å². The Kier molecular flexibility index (Phi) is 4.31. The first kappa shape index (κ1) is 13.9. The van der Waals surface area contributed by atoms with Crippen molar-refractivity contribution in [2.75, 3.05) is 13.1 Å². The van der Waals surface area contributed by atoms with Gasteiger partial charge in [-0.2, -0.15) is 0 Å². The molecule has 1 fully saturated rings. The van der Waals surface area contributed by atoms with Crippen LogP contribution in [0.3, 0.4) is 0 Å². The van der Waals surface area contributed by atoms with Gasteiger partial charge in [0, 0.05) is 21.9 Å². The molecule has 1 aromatic carbocycles. The normalized spacial score (nSPS) is 18.6. The Morgan fingerprint density at radius 2 is 2.00 bits per heavy atom. The topological polar surface area (TPSA) is 29.1 Å². The lowest BCUT2D eigenvalue weighted by molar-refractivity contribution is -0.128. The maximum absolute atomic E-state index is 12.4. The summed E-state index contributed by atoms with van der Waals surface area (Å²) in [6.45, 7) is 3.87. The van der Waals surface area contributed by atoms with E-state index in [1.54, 1.807) is 18.2 Å². The SMILES string of the molecule is CC1(C(=O)Cc2cc(Cl)ccc2Cl)CCNCC1. The van der Waals surface area contributed by atoms with Crippen LogP contribution in [0.15, 0.2) is 18.2 Å². The van der Waals surface area contributed by atoms with E-state index in [1.165, 1.54) is 0 Å². The summed E-state index contributed by atoms with van der Waals surface area (Å²) in [6.07, 6.45) is 2.16.